The van der Waals surface area contributed by atoms with Crippen LogP contribution in [-0.2, 0) is 32.0 Å². The van der Waals surface area contributed by atoms with Gasteiger partial charge in [0.05, 0.1) is 30.1 Å². The third-order valence-electron chi connectivity index (χ3n) is 3.65. The molecule has 0 heterocycles. The van der Waals surface area contributed by atoms with Gasteiger partial charge in [0.15, 0.2) is 34.5 Å². The Bertz CT molecular complexity index is 1010. The van der Waals surface area contributed by atoms with Crippen molar-refractivity contribution in [1.29, 1.82) is 0 Å². The topological polar surface area (TPSA) is 156 Å². The predicted octanol–water partition coefficient (Wildman–Crippen LogP) is 14.6. The Balaban J connectivity index is -0.000000121. The van der Waals surface area contributed by atoms with Crippen LogP contribution >= 0.6 is 139 Å². The molecule has 0 atom stereocenters. The van der Waals surface area contributed by atoms with Crippen molar-refractivity contribution >= 4 is 151 Å². The molecule has 0 aromatic heterocycles. The minimum atomic E-state index is -0.573. The molecule has 3 aromatic rings. The SMILES string of the molecule is C.CC.CC.CC(C)=O.CC=O.Oc1c(O)c(Cl)c(Cl)c(Cl)c1Cl.Oc1c(O)c(Cl)c(Cl)c(Cl)c1Cl.Oc1c(O)c(Cl)c(Cl)c(Cl)c1Cl.[Ta]. The first-order valence-electron chi connectivity index (χ1n) is 12.1. The van der Waals surface area contributed by atoms with E-state index < -0.39 is 34.5 Å². The Kier molecular flexibility index (Phi) is 39.3. The van der Waals surface area contributed by atoms with Gasteiger partial charge in [-0.1, -0.05) is 174 Å². The van der Waals surface area contributed by atoms with Crippen LogP contribution in [0.25, 0.3) is 0 Å². The zero-order valence-electron chi connectivity index (χ0n) is 25.6. The standard InChI is InChI=1S/3C6H2Cl4O2.C3H6O.C2H4O.2C2H6.CH4.Ta/c3*7-1-2(8)4(10)6(12)5(11)3(1)9;1-3(2)4;1-2-3;2*1-2;;/h3*11-12H;1-2H3;2H,1H3;2*1-2H3;1H4;. The Hall–Kier alpha value is 0.0203. The summed E-state index contributed by atoms with van der Waals surface area (Å²) in [6.45, 7) is 12.5. The molecular formula is C28H32Cl12O8Ta. The Labute approximate surface area is 361 Å². The summed E-state index contributed by atoms with van der Waals surface area (Å²) < 4.78 is 0. The second-order valence-corrected chi connectivity index (χ2v) is 11.5. The van der Waals surface area contributed by atoms with E-state index in [4.69, 9.17) is 175 Å². The summed E-state index contributed by atoms with van der Waals surface area (Å²) in [7, 11) is 0. The average molecular weight is 1100 g/mol. The monoisotopic (exact) mass is 1100 g/mol. The third kappa shape index (κ3) is 19.6. The molecule has 0 aliphatic rings. The van der Waals surface area contributed by atoms with Gasteiger partial charge < -0.3 is 40.2 Å². The van der Waals surface area contributed by atoms with Gasteiger partial charge in [0.1, 0.15) is 42.2 Å². The molecule has 281 valence electrons. The Morgan fingerprint density at radius 3 is 0.531 bits per heavy atom. The molecule has 0 bridgehead atoms. The van der Waals surface area contributed by atoms with Gasteiger partial charge in [-0.25, -0.2) is 0 Å². The molecule has 0 fully saturated rings. The molecular weight excluding hydrogens is 1070 g/mol. The van der Waals surface area contributed by atoms with E-state index in [1.807, 2.05) is 27.7 Å². The molecule has 0 unspecified atom stereocenters. The molecule has 0 aliphatic heterocycles. The summed E-state index contributed by atoms with van der Waals surface area (Å²) in [6, 6.07) is 0. The van der Waals surface area contributed by atoms with E-state index in [-0.39, 0.29) is 95.9 Å². The first-order chi connectivity index (χ1) is 21.5. The van der Waals surface area contributed by atoms with Crippen LogP contribution < -0.4 is 0 Å². The molecule has 6 N–H and O–H groups in total. The van der Waals surface area contributed by atoms with Crippen molar-refractivity contribution in [3.8, 4) is 34.5 Å². The number of carbonyl (C=O) groups is 2. The first-order valence-corrected chi connectivity index (χ1v) is 16.7. The predicted molar refractivity (Wildman–Crippen MR) is 207 cm³/mol. The molecule has 3 rings (SSSR count). The fourth-order valence-electron chi connectivity index (χ4n) is 1.83. The summed E-state index contributed by atoms with van der Waals surface area (Å²) in [6.07, 6.45) is 0.750. The van der Waals surface area contributed by atoms with E-state index in [1.165, 1.54) is 20.8 Å². The number of halogens is 12. The number of phenolic OH excluding ortho intramolecular Hbond substituents is 6. The van der Waals surface area contributed by atoms with Crippen LogP contribution in [-0.4, -0.2) is 42.7 Å². The number of ketones is 1. The van der Waals surface area contributed by atoms with Crippen LogP contribution in [0.5, 0.6) is 34.5 Å². The molecule has 1 radical (unpaired) electrons. The normalized spacial score (nSPS) is 8.63. The molecule has 49 heavy (non-hydrogen) atoms. The second kappa shape index (κ2) is 31.5. The van der Waals surface area contributed by atoms with Crippen molar-refractivity contribution in [2.24, 2.45) is 0 Å². The van der Waals surface area contributed by atoms with Crippen molar-refractivity contribution in [2.45, 2.75) is 55.9 Å². The van der Waals surface area contributed by atoms with Crippen molar-refractivity contribution in [3.63, 3.8) is 0 Å². The van der Waals surface area contributed by atoms with Gasteiger partial charge in [-0.05, 0) is 20.8 Å². The summed E-state index contributed by atoms with van der Waals surface area (Å²) in [4.78, 5) is 18.2. The number of rotatable bonds is 0. The zero-order chi connectivity index (χ0) is 38.7. The number of aromatic hydroxyl groups is 6. The zero-order valence-corrected chi connectivity index (χ0v) is 37.8. The van der Waals surface area contributed by atoms with Gasteiger partial charge in [0.25, 0.3) is 0 Å². The largest absolute Gasteiger partial charge is 0.503 e. The van der Waals surface area contributed by atoms with Gasteiger partial charge in [0, 0.05) is 22.4 Å². The fraction of sp³-hybridized carbons (Fsp3) is 0.286. The van der Waals surface area contributed by atoms with Crippen LogP contribution in [0.2, 0.25) is 60.3 Å². The summed E-state index contributed by atoms with van der Waals surface area (Å²) in [5.41, 5.74) is 0. The quantitative estimate of drug-likeness (QED) is 0.0563. The van der Waals surface area contributed by atoms with Crippen molar-refractivity contribution < 1.29 is 62.6 Å². The number of benzene rings is 3. The van der Waals surface area contributed by atoms with Gasteiger partial charge in [-0.3, -0.25) is 0 Å². The van der Waals surface area contributed by atoms with Crippen molar-refractivity contribution in [3.05, 3.63) is 60.3 Å². The number of aldehydes is 1. The maximum atomic E-state index is 9.44. The molecule has 0 amide bonds. The molecule has 8 nitrogen and oxygen atoms in total. The molecule has 0 aliphatic carbocycles. The minimum Gasteiger partial charge on any atom is -0.503 e. The molecule has 3 aromatic carbocycles. The van der Waals surface area contributed by atoms with Crippen molar-refractivity contribution in [2.75, 3.05) is 0 Å². The maximum Gasteiger partial charge on any atom is 0.179 e. The number of hydrogen-bond acceptors (Lipinski definition) is 8. The van der Waals surface area contributed by atoms with E-state index in [0.717, 1.165) is 6.29 Å². The van der Waals surface area contributed by atoms with Crippen LogP contribution in [0.15, 0.2) is 0 Å². The molecule has 0 spiro atoms. The summed E-state index contributed by atoms with van der Waals surface area (Å²) in [5, 5.41) is 52.7. The second-order valence-electron chi connectivity index (χ2n) is 7.00. The fourth-order valence-corrected chi connectivity index (χ4v) is 4.32. The molecule has 0 saturated carbocycles. The van der Waals surface area contributed by atoms with E-state index in [0.29, 0.717) is 0 Å². The third-order valence-corrected chi connectivity index (χ3v) is 9.00. The number of phenols is 6. The number of carbonyl (C=O) groups excluding carboxylic acids is 2. The van der Waals surface area contributed by atoms with Crippen LogP contribution in [0, 0.1) is 0 Å². The van der Waals surface area contributed by atoms with Crippen LogP contribution in [0.4, 0.5) is 0 Å². The minimum absolute atomic E-state index is 0. The maximum absolute atomic E-state index is 9.44. The van der Waals surface area contributed by atoms with Gasteiger partial charge >= 0.3 is 0 Å². The van der Waals surface area contributed by atoms with Crippen molar-refractivity contribution in [1.82, 2.24) is 0 Å². The molecule has 21 heteroatoms. The first kappa shape index (κ1) is 61.1. The van der Waals surface area contributed by atoms with E-state index in [2.05, 4.69) is 0 Å². The van der Waals surface area contributed by atoms with Gasteiger partial charge in [0.2, 0.25) is 0 Å². The smallest absolute Gasteiger partial charge is 0.179 e. The number of Topliss-reactive ketones (excluding diaryl/α,β-unsaturated/α-hetero) is 1. The van der Waals surface area contributed by atoms with Gasteiger partial charge in [-0.15, -0.1) is 0 Å². The van der Waals surface area contributed by atoms with Gasteiger partial charge in [-0.2, -0.15) is 0 Å². The average Bonchev–Trinajstić information content (AvgIpc) is 3.06. The van der Waals surface area contributed by atoms with Crippen LogP contribution in [0.3, 0.4) is 0 Å². The van der Waals surface area contributed by atoms with Crippen LogP contribution in [0.1, 0.15) is 55.9 Å². The summed E-state index contributed by atoms with van der Waals surface area (Å²) >= 11 is 66.1. The molecule has 0 saturated heterocycles. The Morgan fingerprint density at radius 2 is 0.469 bits per heavy atom. The van der Waals surface area contributed by atoms with E-state index >= 15 is 0 Å². The van der Waals surface area contributed by atoms with E-state index in [1.54, 1.807) is 0 Å². The summed E-state index contributed by atoms with van der Waals surface area (Å²) in [5.74, 6) is -3.27. The Morgan fingerprint density at radius 1 is 0.408 bits per heavy atom. The number of hydrogen-bond donors (Lipinski definition) is 6. The van der Waals surface area contributed by atoms with E-state index in [9.17, 15) is 4.79 Å².